The van der Waals surface area contributed by atoms with Gasteiger partial charge in [0.05, 0.1) is 17.6 Å². The van der Waals surface area contributed by atoms with E-state index in [2.05, 4.69) is 0 Å². The molecule has 2 amide bonds. The fourth-order valence-electron chi connectivity index (χ4n) is 3.13. The molecule has 8 heteroatoms. The Labute approximate surface area is 145 Å². The predicted molar refractivity (Wildman–Crippen MR) is 92.7 cm³/mol. The van der Waals surface area contributed by atoms with Crippen molar-refractivity contribution in [3.63, 3.8) is 0 Å². The first-order valence-electron chi connectivity index (χ1n) is 8.30. The molecule has 134 valence electrons. The first-order chi connectivity index (χ1) is 11.9. The number of amides is 2. The summed E-state index contributed by atoms with van der Waals surface area (Å²) in [6.07, 6.45) is -0.338. The number of piperazine rings is 1. The lowest BCUT2D eigenvalue weighted by Gasteiger charge is -2.34. The molecule has 8 nitrogen and oxygen atoms in total. The Kier molecular flexibility index (Phi) is 4.52. The smallest absolute Gasteiger partial charge is 0.409 e. The van der Waals surface area contributed by atoms with Gasteiger partial charge in [0, 0.05) is 45.8 Å². The summed E-state index contributed by atoms with van der Waals surface area (Å²) in [4.78, 5) is 39.8. The lowest BCUT2D eigenvalue weighted by atomic mass is 10.1. The van der Waals surface area contributed by atoms with E-state index >= 15 is 0 Å². The zero-order chi connectivity index (χ0) is 18.1. The van der Waals surface area contributed by atoms with Gasteiger partial charge in [-0.3, -0.25) is 13.9 Å². The number of aromatic nitrogens is 2. The molecule has 0 radical (unpaired) electrons. The summed E-state index contributed by atoms with van der Waals surface area (Å²) in [6.45, 7) is 3.94. The van der Waals surface area contributed by atoms with Crippen molar-refractivity contribution in [2.24, 2.45) is 14.1 Å². The summed E-state index contributed by atoms with van der Waals surface area (Å²) in [7, 11) is 3.40. The van der Waals surface area contributed by atoms with Crippen LogP contribution in [0, 0.1) is 0 Å². The summed E-state index contributed by atoms with van der Waals surface area (Å²) in [5.74, 6) is -0.0956. The number of hydrogen-bond acceptors (Lipinski definition) is 4. The summed E-state index contributed by atoms with van der Waals surface area (Å²) in [5, 5.41) is 0. The molecule has 0 bridgehead atoms. The van der Waals surface area contributed by atoms with Crippen molar-refractivity contribution in [2.75, 3.05) is 32.8 Å². The Morgan fingerprint density at radius 2 is 1.60 bits per heavy atom. The standard InChI is InChI=1S/C17H22N4O4/c1-4-25-17(24)21-9-7-20(8-10-21)15(22)12-5-6-13-14(11-12)19(3)16(23)18(13)2/h5-6,11H,4,7-10H2,1-3H3. The van der Waals surface area contributed by atoms with Gasteiger partial charge in [-0.25, -0.2) is 9.59 Å². The van der Waals surface area contributed by atoms with Crippen molar-refractivity contribution in [1.82, 2.24) is 18.9 Å². The number of fused-ring (bicyclic) bond motifs is 1. The van der Waals surface area contributed by atoms with E-state index in [4.69, 9.17) is 4.74 Å². The molecule has 0 N–H and O–H groups in total. The van der Waals surface area contributed by atoms with Crippen LogP contribution in [0.4, 0.5) is 4.79 Å². The molecule has 2 aromatic rings. The molecule has 0 unspecified atom stereocenters. The molecule has 25 heavy (non-hydrogen) atoms. The average molecular weight is 346 g/mol. The third-order valence-corrected chi connectivity index (χ3v) is 4.61. The maximum Gasteiger partial charge on any atom is 0.409 e. The number of imidazole rings is 1. The number of benzene rings is 1. The van der Waals surface area contributed by atoms with Crippen LogP contribution < -0.4 is 5.69 Å². The lowest BCUT2D eigenvalue weighted by Crippen LogP contribution is -2.50. The van der Waals surface area contributed by atoms with E-state index in [1.54, 1.807) is 53.6 Å². The van der Waals surface area contributed by atoms with Gasteiger partial charge in [-0.2, -0.15) is 0 Å². The molecule has 1 aliphatic rings. The highest BCUT2D eigenvalue weighted by molar-refractivity contribution is 5.97. The second kappa shape index (κ2) is 6.62. The SMILES string of the molecule is CCOC(=O)N1CCN(C(=O)c2ccc3c(c2)n(C)c(=O)n3C)CC1. The van der Waals surface area contributed by atoms with E-state index in [1.165, 1.54) is 4.57 Å². The molecular weight excluding hydrogens is 324 g/mol. The Hall–Kier alpha value is -2.77. The third-order valence-electron chi connectivity index (χ3n) is 4.61. The van der Waals surface area contributed by atoms with Crippen LogP contribution in [0.2, 0.25) is 0 Å². The first kappa shape index (κ1) is 17.1. The summed E-state index contributed by atoms with van der Waals surface area (Å²) in [6, 6.07) is 5.28. The monoisotopic (exact) mass is 346 g/mol. The van der Waals surface area contributed by atoms with Crippen LogP contribution in [-0.4, -0.2) is 63.7 Å². The molecule has 2 heterocycles. The van der Waals surface area contributed by atoms with Gasteiger partial charge in [0.15, 0.2) is 0 Å². The molecule has 0 spiro atoms. The highest BCUT2D eigenvalue weighted by Gasteiger charge is 2.25. The van der Waals surface area contributed by atoms with E-state index in [0.29, 0.717) is 38.3 Å². The van der Waals surface area contributed by atoms with E-state index in [9.17, 15) is 14.4 Å². The van der Waals surface area contributed by atoms with E-state index in [1.807, 2.05) is 0 Å². The number of carbonyl (C=O) groups is 2. The first-order valence-corrected chi connectivity index (χ1v) is 8.30. The largest absolute Gasteiger partial charge is 0.450 e. The minimum Gasteiger partial charge on any atom is -0.450 e. The number of nitrogens with zero attached hydrogens (tertiary/aromatic N) is 4. The van der Waals surface area contributed by atoms with Gasteiger partial charge in [-0.15, -0.1) is 0 Å². The Bertz CT molecular complexity index is 875. The van der Waals surface area contributed by atoms with Crippen molar-refractivity contribution in [3.8, 4) is 0 Å². The van der Waals surface area contributed by atoms with Gasteiger partial charge in [0.2, 0.25) is 0 Å². The molecule has 1 saturated heterocycles. The highest BCUT2D eigenvalue weighted by Crippen LogP contribution is 2.16. The van der Waals surface area contributed by atoms with Gasteiger partial charge in [0.1, 0.15) is 0 Å². The molecule has 0 aliphatic carbocycles. The van der Waals surface area contributed by atoms with Crippen molar-refractivity contribution >= 4 is 23.0 Å². The second-order valence-corrected chi connectivity index (χ2v) is 6.08. The molecule has 1 aromatic carbocycles. The van der Waals surface area contributed by atoms with Crippen LogP contribution in [0.5, 0.6) is 0 Å². The quantitative estimate of drug-likeness (QED) is 0.806. The Morgan fingerprint density at radius 1 is 1.00 bits per heavy atom. The molecule has 1 aliphatic heterocycles. The van der Waals surface area contributed by atoms with Crippen LogP contribution in [0.15, 0.2) is 23.0 Å². The maximum atomic E-state index is 12.7. The molecule has 0 atom stereocenters. The minimum atomic E-state index is -0.338. The molecule has 1 fully saturated rings. The van der Waals surface area contributed by atoms with Crippen LogP contribution in [0.1, 0.15) is 17.3 Å². The normalized spacial score (nSPS) is 14.8. The minimum absolute atomic E-state index is 0.0956. The zero-order valence-corrected chi connectivity index (χ0v) is 14.7. The summed E-state index contributed by atoms with van der Waals surface area (Å²) < 4.78 is 8.08. The van der Waals surface area contributed by atoms with E-state index < -0.39 is 0 Å². The van der Waals surface area contributed by atoms with Gasteiger partial charge >= 0.3 is 11.8 Å². The molecule has 3 rings (SSSR count). The van der Waals surface area contributed by atoms with Gasteiger partial charge in [0.25, 0.3) is 5.91 Å². The molecule has 1 aromatic heterocycles. The van der Waals surface area contributed by atoms with Gasteiger partial charge in [-0.1, -0.05) is 0 Å². The average Bonchev–Trinajstić information content (AvgIpc) is 2.85. The summed E-state index contributed by atoms with van der Waals surface area (Å²) in [5.41, 5.74) is 1.93. The number of carbonyl (C=O) groups excluding carboxylic acids is 2. The lowest BCUT2D eigenvalue weighted by molar-refractivity contribution is 0.0570. The Morgan fingerprint density at radius 3 is 2.24 bits per heavy atom. The van der Waals surface area contributed by atoms with Crippen molar-refractivity contribution in [3.05, 3.63) is 34.2 Å². The number of aryl methyl sites for hydroxylation is 2. The highest BCUT2D eigenvalue weighted by atomic mass is 16.6. The van der Waals surface area contributed by atoms with Gasteiger partial charge in [-0.05, 0) is 25.1 Å². The maximum absolute atomic E-state index is 12.7. The number of ether oxygens (including phenoxy) is 1. The zero-order valence-electron chi connectivity index (χ0n) is 14.7. The summed E-state index contributed by atoms with van der Waals surface area (Å²) >= 11 is 0. The van der Waals surface area contributed by atoms with Crippen LogP contribution in [0.25, 0.3) is 11.0 Å². The number of hydrogen-bond donors (Lipinski definition) is 0. The van der Waals surface area contributed by atoms with Crippen LogP contribution >= 0.6 is 0 Å². The van der Waals surface area contributed by atoms with Crippen LogP contribution in [0.3, 0.4) is 0 Å². The fourth-order valence-corrected chi connectivity index (χ4v) is 3.13. The fraction of sp³-hybridized carbons (Fsp3) is 0.471. The number of rotatable bonds is 2. The molecular formula is C17H22N4O4. The van der Waals surface area contributed by atoms with Crippen molar-refractivity contribution < 1.29 is 14.3 Å². The van der Waals surface area contributed by atoms with Crippen molar-refractivity contribution in [2.45, 2.75) is 6.92 Å². The van der Waals surface area contributed by atoms with E-state index in [-0.39, 0.29) is 17.7 Å². The van der Waals surface area contributed by atoms with Crippen molar-refractivity contribution in [1.29, 1.82) is 0 Å². The Balaban J connectivity index is 1.76. The third kappa shape index (κ3) is 2.99. The van der Waals surface area contributed by atoms with Gasteiger partial charge < -0.3 is 14.5 Å². The van der Waals surface area contributed by atoms with Crippen LogP contribution in [-0.2, 0) is 18.8 Å². The molecule has 0 saturated carbocycles. The van der Waals surface area contributed by atoms with E-state index in [0.717, 1.165) is 11.0 Å². The topological polar surface area (TPSA) is 76.8 Å². The predicted octanol–water partition coefficient (Wildman–Crippen LogP) is 0.791. The second-order valence-electron chi connectivity index (χ2n) is 6.08.